The molecule has 31 heavy (non-hydrogen) atoms. The van der Waals surface area contributed by atoms with Gasteiger partial charge in [-0.3, -0.25) is 0 Å². The van der Waals surface area contributed by atoms with Gasteiger partial charge >= 0.3 is 0 Å². The van der Waals surface area contributed by atoms with Crippen LogP contribution in [0.2, 0.25) is 0 Å². The van der Waals surface area contributed by atoms with Gasteiger partial charge in [-0.05, 0) is 43.6 Å². The first-order valence-corrected chi connectivity index (χ1v) is 10.8. The van der Waals surface area contributed by atoms with Crippen molar-refractivity contribution in [3.05, 3.63) is 42.2 Å². The number of rotatable bonds is 4. The number of nitrogens with zero attached hydrogens (tertiary/aromatic N) is 5. The van der Waals surface area contributed by atoms with E-state index in [0.717, 1.165) is 43.0 Å². The Hall–Kier alpha value is -3.45. The molecular weight excluding hydrogens is 386 g/mol. The summed E-state index contributed by atoms with van der Waals surface area (Å²) in [5.41, 5.74) is 2.45. The Kier molecular flexibility index (Phi) is 4.63. The predicted molar refractivity (Wildman–Crippen MR) is 118 cm³/mol. The molecule has 1 saturated heterocycles. The van der Waals surface area contributed by atoms with Crippen molar-refractivity contribution in [2.24, 2.45) is 22.7 Å². The molecule has 7 heteroatoms. The summed E-state index contributed by atoms with van der Waals surface area (Å²) in [5, 5.41) is 28.4. The molecule has 1 aromatic carbocycles. The smallest absolute Gasteiger partial charge is 0.135 e. The first-order valence-electron chi connectivity index (χ1n) is 10.8. The van der Waals surface area contributed by atoms with Crippen LogP contribution in [0.4, 0.5) is 17.3 Å². The van der Waals surface area contributed by atoms with E-state index in [1.807, 2.05) is 30.3 Å². The highest BCUT2D eigenvalue weighted by atomic mass is 15.2. The molecule has 0 radical (unpaired) electrons. The highest BCUT2D eigenvalue weighted by Gasteiger charge is 2.63. The number of nitrogens with one attached hydrogen (secondary N) is 2. The molecule has 2 spiro atoms. The minimum Gasteiger partial charge on any atom is -0.355 e. The summed E-state index contributed by atoms with van der Waals surface area (Å²) < 4.78 is 0. The second kappa shape index (κ2) is 7.35. The fraction of sp³-hybridized carbons (Fsp3) is 0.458. The van der Waals surface area contributed by atoms with Crippen molar-refractivity contribution >= 4 is 23.5 Å². The maximum Gasteiger partial charge on any atom is 0.135 e. The van der Waals surface area contributed by atoms with Crippen LogP contribution in [-0.4, -0.2) is 29.3 Å². The molecule has 0 bridgehead atoms. The van der Waals surface area contributed by atoms with E-state index in [9.17, 15) is 5.26 Å². The van der Waals surface area contributed by atoms with Gasteiger partial charge in [-0.1, -0.05) is 18.2 Å². The molecule has 1 aromatic heterocycles. The monoisotopic (exact) mass is 411 g/mol. The lowest BCUT2D eigenvalue weighted by molar-refractivity contribution is 0.485. The Bertz CT molecular complexity index is 1090. The van der Waals surface area contributed by atoms with Crippen LogP contribution >= 0.6 is 0 Å². The van der Waals surface area contributed by atoms with Gasteiger partial charge in [-0.15, -0.1) is 0 Å². The van der Waals surface area contributed by atoms with E-state index in [1.54, 1.807) is 6.33 Å². The molecule has 2 N–H and O–H groups in total. The van der Waals surface area contributed by atoms with E-state index in [2.05, 4.69) is 32.3 Å². The molecular formula is C24H25N7. The van der Waals surface area contributed by atoms with Crippen LogP contribution in [0.15, 0.2) is 36.7 Å². The van der Waals surface area contributed by atoms with Gasteiger partial charge < -0.3 is 15.6 Å². The standard InChI is InChI=1S/C18H18N6.C6H7N/c19-8-13-3-1-2-4-15(13)23-16-7-17(22-12-21-16)24-10-14(9-20)18(11-24)5-6-18;7-4-5-3-6(5)1-2-6/h1-4,7-8,12,14,19H,5-6,10-11H2,(H,21,22,23);5H,1-3H2. The zero-order chi connectivity index (χ0) is 21.5. The van der Waals surface area contributed by atoms with Crippen molar-refractivity contribution in [2.75, 3.05) is 23.3 Å². The first-order chi connectivity index (χ1) is 15.1. The van der Waals surface area contributed by atoms with E-state index in [4.69, 9.17) is 10.7 Å². The van der Waals surface area contributed by atoms with Crippen LogP contribution in [0, 0.1) is 50.7 Å². The second-order valence-corrected chi connectivity index (χ2v) is 9.29. The van der Waals surface area contributed by atoms with E-state index in [1.165, 1.54) is 25.5 Å². The van der Waals surface area contributed by atoms with E-state index < -0.39 is 0 Å². The lowest BCUT2D eigenvalue weighted by Gasteiger charge is -2.18. The molecule has 1 aliphatic heterocycles. The van der Waals surface area contributed by atoms with Crippen molar-refractivity contribution in [3.8, 4) is 12.1 Å². The minimum atomic E-state index is 0.0996. The van der Waals surface area contributed by atoms with Gasteiger partial charge in [-0.2, -0.15) is 10.5 Å². The fourth-order valence-electron chi connectivity index (χ4n) is 4.69. The highest BCUT2D eigenvalue weighted by Crippen LogP contribution is 2.70. The number of anilines is 3. The van der Waals surface area contributed by atoms with Gasteiger partial charge in [0.05, 0.1) is 24.0 Å². The van der Waals surface area contributed by atoms with Crippen molar-refractivity contribution in [2.45, 2.75) is 32.1 Å². The number of hydrogen-bond acceptors (Lipinski definition) is 7. The summed E-state index contributed by atoms with van der Waals surface area (Å²) >= 11 is 0. The maximum atomic E-state index is 9.37. The lowest BCUT2D eigenvalue weighted by atomic mass is 9.95. The molecule has 4 fully saturated rings. The summed E-state index contributed by atoms with van der Waals surface area (Å²) in [4.78, 5) is 10.9. The normalized spacial score (nSPS) is 25.0. The fourth-order valence-corrected chi connectivity index (χ4v) is 4.69. The molecule has 3 saturated carbocycles. The number of para-hydroxylation sites is 1. The molecule has 3 aliphatic carbocycles. The van der Waals surface area contributed by atoms with Gasteiger partial charge in [0.2, 0.25) is 0 Å². The van der Waals surface area contributed by atoms with Gasteiger partial charge in [0.25, 0.3) is 0 Å². The number of aromatic nitrogens is 2. The molecule has 0 amide bonds. The van der Waals surface area contributed by atoms with E-state index in [0.29, 0.717) is 17.2 Å². The number of hydrogen-bond donors (Lipinski definition) is 2. The van der Waals surface area contributed by atoms with E-state index in [-0.39, 0.29) is 11.3 Å². The second-order valence-electron chi connectivity index (χ2n) is 9.29. The van der Waals surface area contributed by atoms with Gasteiger partial charge in [-0.25, -0.2) is 9.97 Å². The molecule has 6 rings (SSSR count). The summed E-state index contributed by atoms with van der Waals surface area (Å²) in [6.45, 7) is 1.64. The molecule has 2 aromatic rings. The van der Waals surface area contributed by atoms with Crippen LogP contribution in [0.5, 0.6) is 0 Å². The Morgan fingerprint density at radius 3 is 2.39 bits per heavy atom. The SMILES string of the molecule is N#CC1CC12CC2.N#CC1CN(c2cc(Nc3ccccc3C=N)ncn2)CC12CC2. The third-order valence-electron chi connectivity index (χ3n) is 7.29. The zero-order valence-corrected chi connectivity index (χ0v) is 17.4. The summed E-state index contributed by atoms with van der Waals surface area (Å²) in [7, 11) is 0. The van der Waals surface area contributed by atoms with Crippen molar-refractivity contribution in [1.29, 1.82) is 15.9 Å². The minimum absolute atomic E-state index is 0.0996. The quantitative estimate of drug-likeness (QED) is 0.727. The van der Waals surface area contributed by atoms with Crippen molar-refractivity contribution in [3.63, 3.8) is 0 Å². The Morgan fingerprint density at radius 1 is 1.06 bits per heavy atom. The largest absolute Gasteiger partial charge is 0.355 e. The Morgan fingerprint density at radius 2 is 1.81 bits per heavy atom. The summed E-state index contributed by atoms with van der Waals surface area (Å²) in [5.74, 6) is 2.11. The third-order valence-corrected chi connectivity index (χ3v) is 7.29. The average molecular weight is 412 g/mol. The third kappa shape index (κ3) is 3.72. The van der Waals surface area contributed by atoms with Crippen LogP contribution in [0.1, 0.15) is 37.7 Å². The highest BCUT2D eigenvalue weighted by molar-refractivity contribution is 5.87. The topological polar surface area (TPSA) is 112 Å². The average Bonchev–Trinajstić information content (AvgIpc) is 3.74. The molecule has 7 nitrogen and oxygen atoms in total. The van der Waals surface area contributed by atoms with Crippen LogP contribution in [0.3, 0.4) is 0 Å². The lowest BCUT2D eigenvalue weighted by Crippen LogP contribution is -2.21. The molecule has 2 atom stereocenters. The molecule has 2 unspecified atom stereocenters. The van der Waals surface area contributed by atoms with Crippen LogP contribution in [-0.2, 0) is 0 Å². The number of benzene rings is 1. The zero-order valence-electron chi connectivity index (χ0n) is 17.4. The van der Waals surface area contributed by atoms with Gasteiger partial charge in [0.1, 0.15) is 18.0 Å². The Balaban J connectivity index is 0.000000244. The van der Waals surface area contributed by atoms with Crippen molar-refractivity contribution < 1.29 is 0 Å². The molecule has 156 valence electrons. The van der Waals surface area contributed by atoms with E-state index >= 15 is 0 Å². The van der Waals surface area contributed by atoms with Crippen LogP contribution in [0.25, 0.3) is 0 Å². The van der Waals surface area contributed by atoms with Gasteiger partial charge in [0, 0.05) is 42.0 Å². The van der Waals surface area contributed by atoms with Crippen LogP contribution < -0.4 is 10.2 Å². The summed E-state index contributed by atoms with van der Waals surface area (Å²) in [6.07, 6.45) is 9.04. The van der Waals surface area contributed by atoms with Gasteiger partial charge in [0.15, 0.2) is 0 Å². The first kappa shape index (κ1) is 19.5. The summed E-state index contributed by atoms with van der Waals surface area (Å²) in [6, 6.07) is 14.3. The number of nitriles is 2. The molecule has 2 heterocycles. The van der Waals surface area contributed by atoms with Crippen molar-refractivity contribution in [1.82, 2.24) is 9.97 Å². The predicted octanol–water partition coefficient (Wildman–Crippen LogP) is 4.27. The molecule has 4 aliphatic rings. The Labute approximate surface area is 182 Å². The maximum absolute atomic E-state index is 9.37.